The number of nitrogens with zero attached hydrogens (tertiary/aromatic N) is 1. The summed E-state index contributed by atoms with van der Waals surface area (Å²) in [6, 6.07) is 15.0. The molecule has 0 bridgehead atoms. The lowest BCUT2D eigenvalue weighted by molar-refractivity contribution is 0.474. The smallest absolute Gasteiger partial charge is 0.115 e. The first-order chi connectivity index (χ1) is 8.72. The molecule has 0 heterocycles. The molecule has 0 unspecified atom stereocenters. The topological polar surface area (TPSA) is 44.0 Å². The summed E-state index contributed by atoms with van der Waals surface area (Å²) in [5, 5.41) is 18.2. The maximum atomic E-state index is 9.46. The Morgan fingerprint density at radius 1 is 1.17 bits per heavy atom. The Labute approximate surface area is 111 Å². The largest absolute Gasteiger partial charge is 0.508 e. The molecule has 0 aliphatic heterocycles. The number of rotatable bonds is 3. The van der Waals surface area contributed by atoms with Gasteiger partial charge >= 0.3 is 0 Å². The van der Waals surface area contributed by atoms with Crippen LogP contribution in [0.2, 0.25) is 0 Å². The second-order valence-electron chi connectivity index (χ2n) is 3.88. The summed E-state index contributed by atoms with van der Waals surface area (Å²) in [5.41, 5.74) is 1.80. The van der Waals surface area contributed by atoms with Crippen molar-refractivity contribution >= 4 is 11.8 Å². The first kappa shape index (κ1) is 12.5. The second-order valence-corrected chi connectivity index (χ2v) is 5.00. The molecule has 0 radical (unpaired) electrons. The minimum Gasteiger partial charge on any atom is -0.508 e. The van der Waals surface area contributed by atoms with Crippen LogP contribution in [0.25, 0.3) is 0 Å². The summed E-state index contributed by atoms with van der Waals surface area (Å²) >= 11 is 1.65. The Balaban J connectivity index is 2.25. The molecule has 0 aliphatic carbocycles. The Bertz CT molecular complexity index is 584. The van der Waals surface area contributed by atoms with E-state index in [0.717, 1.165) is 21.8 Å². The monoisotopic (exact) mass is 255 g/mol. The zero-order chi connectivity index (χ0) is 13.0. The highest BCUT2D eigenvalue weighted by molar-refractivity contribution is 7.99. The maximum Gasteiger partial charge on any atom is 0.115 e. The van der Waals surface area contributed by atoms with Crippen molar-refractivity contribution in [1.29, 1.82) is 5.26 Å². The molecule has 3 heteroatoms. The lowest BCUT2D eigenvalue weighted by atomic mass is 10.2. The molecule has 0 spiro atoms. The highest BCUT2D eigenvalue weighted by atomic mass is 32.2. The summed E-state index contributed by atoms with van der Waals surface area (Å²) in [6.07, 6.45) is 0.882. The SMILES string of the molecule is CCc1cc(O)ccc1Sc1ccc(C#N)cc1. The lowest BCUT2D eigenvalue weighted by Crippen LogP contribution is -1.85. The molecule has 0 aliphatic rings. The molecule has 2 aromatic carbocycles. The molecule has 0 fully saturated rings. The van der Waals surface area contributed by atoms with E-state index in [1.54, 1.807) is 23.9 Å². The zero-order valence-corrected chi connectivity index (χ0v) is 10.9. The summed E-state index contributed by atoms with van der Waals surface area (Å²) in [7, 11) is 0. The van der Waals surface area contributed by atoms with Gasteiger partial charge < -0.3 is 5.11 Å². The average molecular weight is 255 g/mol. The summed E-state index contributed by atoms with van der Waals surface area (Å²) in [4.78, 5) is 2.23. The third kappa shape index (κ3) is 2.85. The van der Waals surface area contributed by atoms with E-state index < -0.39 is 0 Å². The Morgan fingerprint density at radius 3 is 2.50 bits per heavy atom. The van der Waals surface area contributed by atoms with Crippen molar-refractivity contribution < 1.29 is 5.11 Å². The van der Waals surface area contributed by atoms with Crippen LogP contribution in [-0.2, 0) is 6.42 Å². The molecule has 90 valence electrons. The van der Waals surface area contributed by atoms with Gasteiger partial charge in [-0.2, -0.15) is 5.26 Å². The molecule has 2 aromatic rings. The molecule has 0 atom stereocenters. The Hall–Kier alpha value is -1.92. The summed E-state index contributed by atoms with van der Waals surface area (Å²) in [5.74, 6) is 0.302. The fraction of sp³-hybridized carbons (Fsp3) is 0.133. The summed E-state index contributed by atoms with van der Waals surface area (Å²) < 4.78 is 0. The van der Waals surface area contributed by atoms with E-state index in [1.807, 2.05) is 30.3 Å². The molecule has 2 rings (SSSR count). The maximum absolute atomic E-state index is 9.46. The van der Waals surface area contributed by atoms with E-state index in [9.17, 15) is 5.11 Å². The average Bonchev–Trinajstić information content (AvgIpc) is 2.41. The number of aromatic hydroxyl groups is 1. The highest BCUT2D eigenvalue weighted by Crippen LogP contribution is 2.32. The molecule has 0 aromatic heterocycles. The molecule has 0 amide bonds. The third-order valence-corrected chi connectivity index (χ3v) is 3.76. The van der Waals surface area contributed by atoms with Crippen molar-refractivity contribution in [3.63, 3.8) is 0 Å². The number of hydrogen-bond donors (Lipinski definition) is 1. The van der Waals surface area contributed by atoms with E-state index >= 15 is 0 Å². The van der Waals surface area contributed by atoms with E-state index in [1.165, 1.54) is 0 Å². The van der Waals surface area contributed by atoms with Gasteiger partial charge in [0.05, 0.1) is 11.6 Å². The van der Waals surface area contributed by atoms with Crippen molar-refractivity contribution in [1.82, 2.24) is 0 Å². The van der Waals surface area contributed by atoms with Crippen molar-refractivity contribution in [2.24, 2.45) is 0 Å². The van der Waals surface area contributed by atoms with Crippen molar-refractivity contribution in [3.8, 4) is 11.8 Å². The van der Waals surface area contributed by atoms with Crippen LogP contribution in [0, 0.1) is 11.3 Å². The lowest BCUT2D eigenvalue weighted by Gasteiger charge is -2.08. The normalized spacial score (nSPS) is 10.0. The Kier molecular flexibility index (Phi) is 3.91. The summed E-state index contributed by atoms with van der Waals surface area (Å²) in [6.45, 7) is 2.07. The third-order valence-electron chi connectivity index (χ3n) is 2.64. The minimum atomic E-state index is 0.302. The van der Waals surface area contributed by atoms with Gasteiger partial charge in [-0.1, -0.05) is 18.7 Å². The molecule has 0 saturated heterocycles. The second kappa shape index (κ2) is 5.61. The molecule has 2 nitrogen and oxygen atoms in total. The van der Waals surface area contributed by atoms with Gasteiger partial charge in [-0.15, -0.1) is 0 Å². The van der Waals surface area contributed by atoms with Gasteiger partial charge in [0.25, 0.3) is 0 Å². The fourth-order valence-electron chi connectivity index (χ4n) is 1.67. The predicted molar refractivity (Wildman–Crippen MR) is 72.8 cm³/mol. The van der Waals surface area contributed by atoms with Crippen molar-refractivity contribution in [2.45, 2.75) is 23.1 Å². The van der Waals surface area contributed by atoms with E-state index in [4.69, 9.17) is 5.26 Å². The number of benzene rings is 2. The minimum absolute atomic E-state index is 0.302. The molecule has 0 saturated carbocycles. The van der Waals surface area contributed by atoms with E-state index in [2.05, 4.69) is 13.0 Å². The van der Waals surface area contributed by atoms with Crippen LogP contribution in [0.4, 0.5) is 0 Å². The van der Waals surface area contributed by atoms with Crippen LogP contribution in [0.15, 0.2) is 52.3 Å². The first-order valence-electron chi connectivity index (χ1n) is 5.73. The quantitative estimate of drug-likeness (QED) is 0.902. The van der Waals surface area contributed by atoms with Gasteiger partial charge in [-0.3, -0.25) is 0 Å². The zero-order valence-electron chi connectivity index (χ0n) is 10.1. The van der Waals surface area contributed by atoms with Crippen LogP contribution >= 0.6 is 11.8 Å². The van der Waals surface area contributed by atoms with E-state index in [-0.39, 0.29) is 0 Å². The van der Waals surface area contributed by atoms with Gasteiger partial charge in [0, 0.05) is 9.79 Å². The van der Waals surface area contributed by atoms with Gasteiger partial charge in [-0.25, -0.2) is 0 Å². The predicted octanol–water partition coefficient (Wildman–Crippen LogP) is 3.98. The van der Waals surface area contributed by atoms with Gasteiger partial charge in [0.1, 0.15) is 5.75 Å². The highest BCUT2D eigenvalue weighted by Gasteiger charge is 2.04. The number of aryl methyl sites for hydroxylation is 1. The molecular formula is C15H13NOS. The number of nitriles is 1. The van der Waals surface area contributed by atoms with Crippen molar-refractivity contribution in [2.75, 3.05) is 0 Å². The van der Waals surface area contributed by atoms with Gasteiger partial charge in [-0.05, 0) is 54.4 Å². The van der Waals surface area contributed by atoms with Crippen LogP contribution in [0.5, 0.6) is 5.75 Å². The van der Waals surface area contributed by atoms with Crippen LogP contribution in [0.3, 0.4) is 0 Å². The Morgan fingerprint density at radius 2 is 1.89 bits per heavy atom. The number of phenols is 1. The fourth-order valence-corrected chi connectivity index (χ4v) is 2.66. The molecular weight excluding hydrogens is 242 g/mol. The van der Waals surface area contributed by atoms with Gasteiger partial charge in [0.2, 0.25) is 0 Å². The van der Waals surface area contributed by atoms with E-state index in [0.29, 0.717) is 11.3 Å². The van der Waals surface area contributed by atoms with Crippen LogP contribution < -0.4 is 0 Å². The van der Waals surface area contributed by atoms with Gasteiger partial charge in [0.15, 0.2) is 0 Å². The molecule has 1 N–H and O–H groups in total. The number of hydrogen-bond acceptors (Lipinski definition) is 3. The van der Waals surface area contributed by atoms with Crippen LogP contribution in [-0.4, -0.2) is 5.11 Å². The first-order valence-corrected chi connectivity index (χ1v) is 6.54. The van der Waals surface area contributed by atoms with Crippen molar-refractivity contribution in [3.05, 3.63) is 53.6 Å². The number of phenolic OH excluding ortho intramolecular Hbond substituents is 1. The molecule has 18 heavy (non-hydrogen) atoms. The van der Waals surface area contributed by atoms with Crippen LogP contribution in [0.1, 0.15) is 18.1 Å². The standard InChI is InChI=1S/C15H13NOS/c1-2-12-9-13(17)5-8-15(12)18-14-6-3-11(10-16)4-7-14/h3-9,17H,2H2,1H3.